The predicted octanol–water partition coefficient (Wildman–Crippen LogP) is -3.76. The molecule has 2 N–H and O–H groups in total. The third-order valence-corrected chi connectivity index (χ3v) is 3.09. The number of rotatable bonds is 5. The molecule has 6 heteroatoms. The molecule has 0 fully saturated rings. The van der Waals surface area contributed by atoms with Gasteiger partial charge in [0.1, 0.15) is 0 Å². The molecule has 0 aliphatic rings. The van der Waals surface area contributed by atoms with Gasteiger partial charge in [-0.3, -0.25) is 4.55 Å². The van der Waals surface area contributed by atoms with Gasteiger partial charge < -0.3 is 5.32 Å². The van der Waals surface area contributed by atoms with Crippen LogP contribution in [0.5, 0.6) is 0 Å². The fourth-order valence-electron chi connectivity index (χ4n) is 0.463. The predicted molar refractivity (Wildman–Crippen MR) is 37.4 cm³/mol. The molecule has 0 amide bonds. The summed E-state index contributed by atoms with van der Waals surface area (Å²) in [5.74, 6) is 0. The van der Waals surface area contributed by atoms with Gasteiger partial charge in [-0.1, -0.05) is 0 Å². The van der Waals surface area contributed by atoms with Gasteiger partial charge in [-0.05, 0) is 20.0 Å². The summed E-state index contributed by atoms with van der Waals surface area (Å²) in [6.45, 7) is 1.53. The first-order valence-corrected chi connectivity index (χ1v) is 4.99. The van der Waals surface area contributed by atoms with Crippen LogP contribution in [0.4, 0.5) is 0 Å². The van der Waals surface area contributed by atoms with Gasteiger partial charge in [-0.2, -0.15) is 0 Å². The van der Waals surface area contributed by atoms with Crippen LogP contribution in [-0.4, -0.2) is 31.4 Å². The van der Waals surface area contributed by atoms with Gasteiger partial charge in [-0.25, -0.2) is 4.21 Å². The van der Waals surface area contributed by atoms with Crippen molar-refractivity contribution in [3.63, 3.8) is 0 Å². The Morgan fingerprint density at radius 1 is 1.80 bits per heavy atom. The fraction of sp³-hybridized carbons (Fsp3) is 1.00. The molecule has 0 rings (SSSR count). The molecule has 0 bridgehead atoms. The lowest BCUT2D eigenvalue weighted by Crippen LogP contribution is -3.41. The van der Waals surface area contributed by atoms with E-state index in [-0.39, 0.29) is 0 Å². The lowest BCUT2D eigenvalue weighted by molar-refractivity contribution is -0.532. The van der Waals surface area contributed by atoms with Gasteiger partial charge in [0.25, 0.3) is 11.3 Å². The Bertz CT molecular complexity index is 113. The molecule has 0 aliphatic carbocycles. The smallest absolute Gasteiger partial charge is 0.320 e. The maximum Gasteiger partial charge on any atom is 0.386 e. The largest absolute Gasteiger partial charge is 0.386 e. The highest BCUT2D eigenvalue weighted by molar-refractivity contribution is 7.76. The van der Waals surface area contributed by atoms with Crippen molar-refractivity contribution in [2.75, 3.05) is 20.1 Å². The zero-order chi connectivity index (χ0) is 7.98. The van der Waals surface area contributed by atoms with Crippen molar-refractivity contribution in [3.05, 3.63) is 0 Å². The molecule has 0 aromatic carbocycles. The molecule has 1 unspecified atom stereocenters. The monoisotopic (exact) mass is 279 g/mol. The number of nitrogens with zero attached hydrogens (tertiary/aromatic N) is 1. The zero-order valence-electron chi connectivity index (χ0n) is 5.74. The van der Waals surface area contributed by atoms with Crippen LogP contribution in [0.3, 0.4) is 0 Å². The molecule has 1 atom stereocenters. The van der Waals surface area contributed by atoms with E-state index in [9.17, 15) is 4.21 Å². The fourth-order valence-corrected chi connectivity index (χ4v) is 1.12. The standard InChI is InChI=1S/C4H11IN2O2S/c1-6-3-2-4-7(5)10(8)9/h5-6H,2-4H2,1H3/p+1. The van der Waals surface area contributed by atoms with Crippen LogP contribution in [0.2, 0.25) is 0 Å². The van der Waals surface area contributed by atoms with Gasteiger partial charge in [0.2, 0.25) is 0 Å². The normalized spacial score (nSPS) is 14.0. The minimum Gasteiger partial charge on any atom is -0.320 e. The van der Waals surface area contributed by atoms with Crippen LogP contribution in [0.1, 0.15) is 6.42 Å². The number of hydrogen-bond donors (Lipinski definition) is 2. The highest BCUT2D eigenvalue weighted by Gasteiger charge is 2.13. The van der Waals surface area contributed by atoms with Crippen molar-refractivity contribution < 1.29 is 31.6 Å². The second kappa shape index (κ2) is 6.47. The van der Waals surface area contributed by atoms with Crippen molar-refractivity contribution in [3.8, 4) is 0 Å². The maximum atomic E-state index is 10.3. The van der Waals surface area contributed by atoms with Crippen molar-refractivity contribution in [1.29, 1.82) is 0 Å². The van der Waals surface area contributed by atoms with E-state index in [1.54, 1.807) is 22.9 Å². The third-order valence-electron chi connectivity index (χ3n) is 0.942. The average Bonchev–Trinajstić information content (AvgIpc) is 1.88. The summed E-state index contributed by atoms with van der Waals surface area (Å²) in [6, 6.07) is 0. The Hall–Kier alpha value is 0.760. The summed E-state index contributed by atoms with van der Waals surface area (Å²) in [6.07, 6.45) is 0.891. The Morgan fingerprint density at radius 3 is 2.80 bits per heavy atom. The summed E-state index contributed by atoms with van der Waals surface area (Å²) >= 11 is -0.257. The summed E-state index contributed by atoms with van der Waals surface area (Å²) in [5.41, 5.74) is 0. The Balaban J connectivity index is 3.21. The molecule has 0 aromatic rings. The minimum atomic E-state index is -1.80. The van der Waals surface area contributed by atoms with Gasteiger partial charge in [0.15, 0.2) is 0 Å². The highest BCUT2D eigenvalue weighted by Crippen LogP contribution is 1.81. The van der Waals surface area contributed by atoms with E-state index in [1.165, 1.54) is 2.52 Å². The third kappa shape index (κ3) is 5.54. The molecule has 62 valence electrons. The summed E-state index contributed by atoms with van der Waals surface area (Å²) in [7, 11) is 1.86. The molecule has 10 heavy (non-hydrogen) atoms. The first-order chi connectivity index (χ1) is 4.68. The van der Waals surface area contributed by atoms with Crippen LogP contribution in [0.25, 0.3) is 0 Å². The Labute approximate surface area is 77.3 Å². The Kier molecular flexibility index (Phi) is 6.96. The minimum absolute atomic E-state index is 0.647. The highest BCUT2D eigenvalue weighted by atomic mass is 127. The van der Waals surface area contributed by atoms with E-state index in [1.807, 2.05) is 7.05 Å². The molecule has 0 heterocycles. The molecule has 0 aromatic heterocycles. The van der Waals surface area contributed by atoms with E-state index in [0.29, 0.717) is 6.54 Å². The van der Waals surface area contributed by atoms with Crippen LogP contribution in [0.15, 0.2) is 0 Å². The van der Waals surface area contributed by atoms with Crippen molar-refractivity contribution in [1.82, 2.24) is 7.84 Å². The van der Waals surface area contributed by atoms with Crippen LogP contribution >= 0.6 is 0 Å². The molecule has 0 radical (unpaired) electrons. The zero-order valence-corrected chi connectivity index (χ0v) is 8.89. The van der Waals surface area contributed by atoms with Gasteiger partial charge >= 0.3 is 22.9 Å². The maximum absolute atomic E-state index is 10.3. The molecule has 0 aliphatic heterocycles. The first-order valence-electron chi connectivity index (χ1n) is 2.88. The number of nitrogens with one attached hydrogen (secondary N) is 1. The van der Waals surface area contributed by atoms with E-state index >= 15 is 0 Å². The molecule has 4 nitrogen and oxygen atoms in total. The average molecular weight is 279 g/mol. The lowest BCUT2D eigenvalue weighted by Gasteiger charge is -1.99. The van der Waals surface area contributed by atoms with Gasteiger partial charge in [0.05, 0.1) is 6.54 Å². The van der Waals surface area contributed by atoms with E-state index in [0.717, 1.165) is 13.0 Å². The summed E-state index contributed by atoms with van der Waals surface area (Å²) in [4.78, 5) is 0. The van der Waals surface area contributed by atoms with E-state index in [2.05, 4.69) is 5.32 Å². The van der Waals surface area contributed by atoms with Crippen molar-refractivity contribution in [2.24, 2.45) is 0 Å². The van der Waals surface area contributed by atoms with Crippen molar-refractivity contribution >= 4 is 11.3 Å². The molecular formula is C4H12IN2O2S+. The quantitative estimate of drug-likeness (QED) is 0.235. The van der Waals surface area contributed by atoms with Gasteiger partial charge in [-0.15, -0.1) is 0 Å². The van der Waals surface area contributed by atoms with Crippen LogP contribution in [0, 0.1) is 0 Å². The van der Waals surface area contributed by atoms with Gasteiger partial charge in [0, 0.05) is 2.52 Å². The number of hydrogen-bond acceptors (Lipinski definition) is 2. The van der Waals surface area contributed by atoms with Crippen LogP contribution < -0.4 is 28.2 Å². The molecule has 0 saturated carbocycles. The van der Waals surface area contributed by atoms with Crippen LogP contribution in [-0.2, 0) is 11.3 Å². The topological polar surface area (TPSA) is 52.6 Å². The second-order valence-corrected chi connectivity index (χ2v) is 4.63. The van der Waals surface area contributed by atoms with E-state index < -0.39 is 11.3 Å². The SMILES string of the molecule is CNCCCN([IH+])S(=O)O. The molecule has 0 spiro atoms. The number of halogens is 1. The summed E-state index contributed by atoms with van der Waals surface area (Å²) in [5, 5.41) is 2.96. The molecular weight excluding hydrogens is 267 g/mol. The Morgan fingerprint density at radius 2 is 2.40 bits per heavy atom. The van der Waals surface area contributed by atoms with Crippen molar-refractivity contribution in [2.45, 2.75) is 6.42 Å². The lowest BCUT2D eigenvalue weighted by atomic mass is 10.4. The van der Waals surface area contributed by atoms with E-state index in [4.69, 9.17) is 4.55 Å². The summed E-state index contributed by atoms with van der Waals surface area (Å²) < 4.78 is 20.2. The molecule has 0 saturated heterocycles. The second-order valence-electron chi connectivity index (χ2n) is 1.74. The first kappa shape index (κ1) is 10.8.